The van der Waals surface area contributed by atoms with Crippen molar-refractivity contribution in [1.82, 2.24) is 10.2 Å². The van der Waals surface area contributed by atoms with Gasteiger partial charge in [-0.15, -0.1) is 0 Å². The van der Waals surface area contributed by atoms with Crippen molar-refractivity contribution in [1.29, 1.82) is 0 Å². The lowest BCUT2D eigenvalue weighted by atomic mass is 9.97. The molecule has 0 unspecified atom stereocenters. The van der Waals surface area contributed by atoms with Crippen LogP contribution in [-0.4, -0.2) is 23.3 Å². The Balaban J connectivity index is 1.78. The number of hydrogen-bond donors (Lipinski definition) is 1. The third-order valence-corrected chi connectivity index (χ3v) is 4.53. The van der Waals surface area contributed by atoms with Gasteiger partial charge < -0.3 is 4.90 Å². The number of aromatic amines is 1. The highest BCUT2D eigenvalue weighted by Crippen LogP contribution is 2.33. The van der Waals surface area contributed by atoms with Crippen molar-refractivity contribution in [2.24, 2.45) is 0 Å². The van der Waals surface area contributed by atoms with Gasteiger partial charge in [0.05, 0.1) is 11.2 Å². The standard InChI is InChI=1S/C19H21N3/c1-2-11-22-12-5-6-14-13-15(9-10-18(14)22)19-16-7-3-4-8-17(16)20-21-19/h3-4,7-10,13H,2,5-6,11-12H2,1H3,(H,20,21). The SMILES string of the molecule is CCCN1CCCc2cc(-c3n[nH]c4ccccc34)ccc21. The Morgan fingerprint density at radius 3 is 3.00 bits per heavy atom. The van der Waals surface area contributed by atoms with Gasteiger partial charge in [0.25, 0.3) is 0 Å². The van der Waals surface area contributed by atoms with Crippen LogP contribution in [0.1, 0.15) is 25.3 Å². The molecule has 0 amide bonds. The van der Waals surface area contributed by atoms with E-state index in [1.807, 2.05) is 6.07 Å². The summed E-state index contributed by atoms with van der Waals surface area (Å²) < 4.78 is 0. The third kappa shape index (κ3) is 2.17. The molecule has 0 spiro atoms. The smallest absolute Gasteiger partial charge is 0.0999 e. The molecule has 3 nitrogen and oxygen atoms in total. The Morgan fingerprint density at radius 2 is 2.09 bits per heavy atom. The number of benzene rings is 2. The molecule has 2 heterocycles. The molecular formula is C19H21N3. The second-order valence-electron chi connectivity index (χ2n) is 6.05. The molecule has 1 N–H and O–H groups in total. The molecule has 0 radical (unpaired) electrons. The van der Waals surface area contributed by atoms with Gasteiger partial charge in [0, 0.05) is 29.7 Å². The van der Waals surface area contributed by atoms with E-state index in [-0.39, 0.29) is 0 Å². The second kappa shape index (κ2) is 5.48. The van der Waals surface area contributed by atoms with Crippen LogP contribution in [0, 0.1) is 0 Å². The maximum Gasteiger partial charge on any atom is 0.0999 e. The van der Waals surface area contributed by atoms with Gasteiger partial charge in [0.2, 0.25) is 0 Å². The number of rotatable bonds is 3. The van der Waals surface area contributed by atoms with Crippen LogP contribution in [0.2, 0.25) is 0 Å². The molecule has 3 aromatic rings. The fraction of sp³-hybridized carbons (Fsp3) is 0.316. The zero-order valence-electron chi connectivity index (χ0n) is 13.0. The van der Waals surface area contributed by atoms with Gasteiger partial charge in [-0.05, 0) is 43.0 Å². The number of hydrogen-bond acceptors (Lipinski definition) is 2. The van der Waals surface area contributed by atoms with Crippen molar-refractivity contribution in [3.05, 3.63) is 48.0 Å². The minimum Gasteiger partial charge on any atom is -0.371 e. The molecule has 1 aromatic heterocycles. The number of anilines is 1. The number of aryl methyl sites for hydroxylation is 1. The zero-order valence-corrected chi connectivity index (χ0v) is 13.0. The van der Waals surface area contributed by atoms with E-state index in [9.17, 15) is 0 Å². The van der Waals surface area contributed by atoms with Crippen LogP contribution in [0.15, 0.2) is 42.5 Å². The monoisotopic (exact) mass is 291 g/mol. The summed E-state index contributed by atoms with van der Waals surface area (Å²) in [6, 6.07) is 15.2. The van der Waals surface area contributed by atoms with Gasteiger partial charge in [-0.2, -0.15) is 5.10 Å². The van der Waals surface area contributed by atoms with Crippen LogP contribution >= 0.6 is 0 Å². The molecule has 1 aliphatic heterocycles. The maximum atomic E-state index is 4.53. The molecule has 0 saturated heterocycles. The topological polar surface area (TPSA) is 31.9 Å². The van der Waals surface area contributed by atoms with Gasteiger partial charge in [-0.1, -0.05) is 31.2 Å². The van der Waals surface area contributed by atoms with Crippen LogP contribution in [0.5, 0.6) is 0 Å². The summed E-state index contributed by atoms with van der Waals surface area (Å²) in [5, 5.41) is 8.86. The first-order valence-electron chi connectivity index (χ1n) is 8.18. The number of aromatic nitrogens is 2. The summed E-state index contributed by atoms with van der Waals surface area (Å²) in [6.07, 6.45) is 3.62. The van der Waals surface area contributed by atoms with Gasteiger partial charge in [-0.25, -0.2) is 0 Å². The highest BCUT2D eigenvalue weighted by Gasteiger charge is 2.17. The number of nitrogens with one attached hydrogen (secondary N) is 1. The van der Waals surface area contributed by atoms with Crippen molar-refractivity contribution >= 4 is 16.6 Å². The van der Waals surface area contributed by atoms with E-state index in [4.69, 9.17) is 0 Å². The Morgan fingerprint density at radius 1 is 1.18 bits per heavy atom. The average molecular weight is 291 g/mol. The largest absolute Gasteiger partial charge is 0.371 e. The van der Waals surface area contributed by atoms with Crippen LogP contribution < -0.4 is 4.90 Å². The normalized spacial score (nSPS) is 14.3. The summed E-state index contributed by atoms with van der Waals surface area (Å²) in [6.45, 7) is 4.59. The molecular weight excluding hydrogens is 270 g/mol. The Kier molecular flexibility index (Phi) is 3.34. The first kappa shape index (κ1) is 13.4. The lowest BCUT2D eigenvalue weighted by Gasteiger charge is -2.31. The predicted molar refractivity (Wildman–Crippen MR) is 92.4 cm³/mol. The van der Waals surface area contributed by atoms with E-state index in [1.54, 1.807) is 0 Å². The molecule has 3 heteroatoms. The molecule has 112 valence electrons. The van der Waals surface area contributed by atoms with Crippen molar-refractivity contribution in [2.45, 2.75) is 26.2 Å². The molecule has 22 heavy (non-hydrogen) atoms. The number of H-pyrrole nitrogens is 1. The average Bonchev–Trinajstić information content (AvgIpc) is 2.99. The van der Waals surface area contributed by atoms with Crippen molar-refractivity contribution < 1.29 is 0 Å². The molecule has 2 aromatic carbocycles. The predicted octanol–water partition coefficient (Wildman–Crippen LogP) is 4.39. The minimum atomic E-state index is 1.06. The van der Waals surface area contributed by atoms with Gasteiger partial charge in [0.1, 0.15) is 0 Å². The zero-order chi connectivity index (χ0) is 14.9. The Bertz CT molecular complexity index is 803. The molecule has 0 atom stereocenters. The van der Waals surface area contributed by atoms with E-state index in [0.29, 0.717) is 0 Å². The highest BCUT2D eigenvalue weighted by atomic mass is 15.1. The van der Waals surface area contributed by atoms with E-state index >= 15 is 0 Å². The van der Waals surface area contributed by atoms with Crippen LogP contribution in [-0.2, 0) is 6.42 Å². The molecule has 0 fully saturated rings. The quantitative estimate of drug-likeness (QED) is 0.776. The number of fused-ring (bicyclic) bond motifs is 2. The minimum absolute atomic E-state index is 1.06. The Labute approximate surface area is 131 Å². The third-order valence-electron chi connectivity index (χ3n) is 4.53. The molecule has 0 bridgehead atoms. The van der Waals surface area contributed by atoms with Crippen molar-refractivity contribution in [2.75, 3.05) is 18.0 Å². The molecule has 1 aliphatic rings. The highest BCUT2D eigenvalue weighted by molar-refractivity contribution is 5.93. The van der Waals surface area contributed by atoms with Crippen molar-refractivity contribution in [3.8, 4) is 11.3 Å². The lowest BCUT2D eigenvalue weighted by Crippen LogP contribution is -2.29. The molecule has 0 aliphatic carbocycles. The fourth-order valence-electron chi connectivity index (χ4n) is 3.51. The van der Waals surface area contributed by atoms with E-state index < -0.39 is 0 Å². The maximum absolute atomic E-state index is 4.53. The van der Waals surface area contributed by atoms with Crippen molar-refractivity contribution in [3.63, 3.8) is 0 Å². The summed E-state index contributed by atoms with van der Waals surface area (Å²) in [4.78, 5) is 2.52. The van der Waals surface area contributed by atoms with E-state index in [1.165, 1.54) is 48.0 Å². The molecule has 4 rings (SSSR count). The summed E-state index contributed by atoms with van der Waals surface area (Å²) >= 11 is 0. The summed E-state index contributed by atoms with van der Waals surface area (Å²) in [7, 11) is 0. The summed E-state index contributed by atoms with van der Waals surface area (Å²) in [5.74, 6) is 0. The first-order valence-corrected chi connectivity index (χ1v) is 8.18. The first-order chi connectivity index (χ1) is 10.9. The number of para-hydroxylation sites is 1. The van der Waals surface area contributed by atoms with Crippen LogP contribution in [0.4, 0.5) is 5.69 Å². The van der Waals surface area contributed by atoms with Crippen LogP contribution in [0.25, 0.3) is 22.2 Å². The van der Waals surface area contributed by atoms with Crippen LogP contribution in [0.3, 0.4) is 0 Å². The van der Waals surface area contributed by atoms with Gasteiger partial charge >= 0.3 is 0 Å². The van der Waals surface area contributed by atoms with E-state index in [2.05, 4.69) is 58.4 Å². The molecule has 0 saturated carbocycles. The Hall–Kier alpha value is -2.29. The fourth-order valence-corrected chi connectivity index (χ4v) is 3.51. The lowest BCUT2D eigenvalue weighted by molar-refractivity contribution is 0.681. The summed E-state index contributed by atoms with van der Waals surface area (Å²) in [5.41, 5.74) is 6.25. The van der Waals surface area contributed by atoms with Gasteiger partial charge in [0.15, 0.2) is 0 Å². The second-order valence-corrected chi connectivity index (χ2v) is 6.05. The van der Waals surface area contributed by atoms with E-state index in [0.717, 1.165) is 17.8 Å². The van der Waals surface area contributed by atoms with Gasteiger partial charge in [-0.3, -0.25) is 5.10 Å². The number of nitrogens with zero attached hydrogens (tertiary/aromatic N) is 2.